The number of hydrogen-bond donors (Lipinski definition) is 0. The molecule has 0 aromatic carbocycles. The van der Waals surface area contributed by atoms with Gasteiger partial charge in [0.2, 0.25) is 0 Å². The minimum atomic E-state index is 0.845. The van der Waals surface area contributed by atoms with Crippen LogP contribution in [-0.2, 0) is 0 Å². The van der Waals surface area contributed by atoms with Crippen molar-refractivity contribution in [2.75, 3.05) is 26.2 Å². The SMILES string of the molecule is CCC1CN2CCCCC2CN1CC1CC1C. The summed E-state index contributed by atoms with van der Waals surface area (Å²) >= 11 is 0. The normalized spacial score (nSPS) is 43.4. The fourth-order valence-corrected chi connectivity index (χ4v) is 3.88. The maximum absolute atomic E-state index is 2.83. The first-order valence-corrected chi connectivity index (χ1v) is 7.76. The van der Waals surface area contributed by atoms with Gasteiger partial charge in [-0.25, -0.2) is 0 Å². The van der Waals surface area contributed by atoms with Crippen LogP contribution in [0.25, 0.3) is 0 Å². The standard InChI is InChI=1S/C15H28N2/c1-3-14-10-16-7-5-4-6-15(16)11-17(14)9-13-8-12(13)2/h12-15H,3-11H2,1-2H3. The minimum Gasteiger partial charge on any atom is -0.298 e. The van der Waals surface area contributed by atoms with Crippen LogP contribution in [0.2, 0.25) is 0 Å². The lowest BCUT2D eigenvalue weighted by Gasteiger charge is -2.48. The molecule has 0 aromatic heterocycles. The molecule has 2 aliphatic heterocycles. The van der Waals surface area contributed by atoms with Crippen molar-refractivity contribution in [1.29, 1.82) is 0 Å². The summed E-state index contributed by atoms with van der Waals surface area (Å²) in [5.74, 6) is 2.04. The first-order chi connectivity index (χ1) is 8.28. The third-order valence-corrected chi connectivity index (χ3v) is 5.37. The van der Waals surface area contributed by atoms with Crippen LogP contribution in [0.5, 0.6) is 0 Å². The fraction of sp³-hybridized carbons (Fsp3) is 1.00. The molecular formula is C15H28N2. The van der Waals surface area contributed by atoms with Crippen molar-refractivity contribution >= 4 is 0 Å². The first-order valence-electron chi connectivity index (χ1n) is 7.76. The van der Waals surface area contributed by atoms with Crippen molar-refractivity contribution < 1.29 is 0 Å². The molecule has 4 atom stereocenters. The van der Waals surface area contributed by atoms with E-state index in [1.54, 1.807) is 0 Å². The van der Waals surface area contributed by atoms with Crippen LogP contribution in [-0.4, -0.2) is 48.1 Å². The molecule has 1 aliphatic carbocycles. The number of nitrogens with zero attached hydrogens (tertiary/aromatic N) is 2. The number of fused-ring (bicyclic) bond motifs is 1. The van der Waals surface area contributed by atoms with Crippen molar-refractivity contribution in [2.45, 2.75) is 58.0 Å². The zero-order valence-electron chi connectivity index (χ0n) is 11.6. The van der Waals surface area contributed by atoms with Gasteiger partial charge in [-0.1, -0.05) is 20.3 Å². The van der Waals surface area contributed by atoms with Gasteiger partial charge in [-0.15, -0.1) is 0 Å². The first kappa shape index (κ1) is 12.0. The van der Waals surface area contributed by atoms with Crippen LogP contribution >= 0.6 is 0 Å². The average Bonchev–Trinajstić information content (AvgIpc) is 3.04. The summed E-state index contributed by atoms with van der Waals surface area (Å²) in [4.78, 5) is 5.62. The molecule has 0 amide bonds. The van der Waals surface area contributed by atoms with E-state index in [0.717, 1.165) is 23.9 Å². The van der Waals surface area contributed by atoms with E-state index in [9.17, 15) is 0 Å². The van der Waals surface area contributed by atoms with Gasteiger partial charge in [0.05, 0.1) is 0 Å². The minimum absolute atomic E-state index is 0.845. The number of piperidine rings is 1. The van der Waals surface area contributed by atoms with Gasteiger partial charge in [0.15, 0.2) is 0 Å². The van der Waals surface area contributed by atoms with Crippen LogP contribution in [0.3, 0.4) is 0 Å². The Labute approximate surface area is 106 Å². The predicted molar refractivity (Wildman–Crippen MR) is 72.1 cm³/mol. The molecule has 0 N–H and O–H groups in total. The van der Waals surface area contributed by atoms with Gasteiger partial charge in [0, 0.05) is 31.7 Å². The Kier molecular flexibility index (Phi) is 3.45. The average molecular weight is 236 g/mol. The molecule has 0 spiro atoms. The number of hydrogen-bond acceptors (Lipinski definition) is 2. The third kappa shape index (κ3) is 2.53. The van der Waals surface area contributed by atoms with Crippen molar-refractivity contribution in [3.8, 4) is 0 Å². The molecule has 0 radical (unpaired) electrons. The number of rotatable bonds is 3. The molecule has 2 heteroatoms. The van der Waals surface area contributed by atoms with E-state index in [2.05, 4.69) is 23.6 Å². The second-order valence-electron chi connectivity index (χ2n) is 6.63. The van der Waals surface area contributed by atoms with Gasteiger partial charge in [0.1, 0.15) is 0 Å². The van der Waals surface area contributed by atoms with E-state index in [1.807, 2.05) is 0 Å². The van der Waals surface area contributed by atoms with Gasteiger partial charge >= 0.3 is 0 Å². The zero-order chi connectivity index (χ0) is 11.8. The molecule has 17 heavy (non-hydrogen) atoms. The molecule has 3 fully saturated rings. The van der Waals surface area contributed by atoms with Crippen molar-refractivity contribution in [2.24, 2.45) is 11.8 Å². The van der Waals surface area contributed by atoms with Crippen LogP contribution in [0.4, 0.5) is 0 Å². The maximum atomic E-state index is 2.83. The van der Waals surface area contributed by atoms with Gasteiger partial charge in [-0.2, -0.15) is 0 Å². The molecule has 2 nitrogen and oxygen atoms in total. The van der Waals surface area contributed by atoms with E-state index >= 15 is 0 Å². The second-order valence-corrected chi connectivity index (χ2v) is 6.63. The molecule has 0 bridgehead atoms. The molecule has 2 saturated heterocycles. The summed E-state index contributed by atoms with van der Waals surface area (Å²) in [7, 11) is 0. The highest BCUT2D eigenvalue weighted by atomic mass is 15.3. The summed E-state index contributed by atoms with van der Waals surface area (Å²) < 4.78 is 0. The summed E-state index contributed by atoms with van der Waals surface area (Å²) in [5, 5.41) is 0. The Morgan fingerprint density at radius 1 is 1.18 bits per heavy atom. The van der Waals surface area contributed by atoms with Crippen molar-refractivity contribution in [3.63, 3.8) is 0 Å². The molecular weight excluding hydrogens is 208 g/mol. The Balaban J connectivity index is 1.61. The number of piperazine rings is 1. The highest BCUT2D eigenvalue weighted by molar-refractivity contribution is 4.94. The van der Waals surface area contributed by atoms with Crippen molar-refractivity contribution in [1.82, 2.24) is 9.80 Å². The monoisotopic (exact) mass is 236 g/mol. The highest BCUT2D eigenvalue weighted by Crippen LogP contribution is 2.39. The predicted octanol–water partition coefficient (Wildman–Crippen LogP) is 2.59. The Morgan fingerprint density at radius 3 is 2.71 bits per heavy atom. The summed E-state index contributed by atoms with van der Waals surface area (Å²) in [6.07, 6.45) is 7.18. The van der Waals surface area contributed by atoms with E-state index in [1.165, 1.54) is 58.3 Å². The molecule has 3 aliphatic rings. The molecule has 98 valence electrons. The lowest BCUT2D eigenvalue weighted by molar-refractivity contribution is 0.00481. The zero-order valence-corrected chi connectivity index (χ0v) is 11.6. The van der Waals surface area contributed by atoms with E-state index in [0.29, 0.717) is 0 Å². The molecule has 1 saturated carbocycles. The molecule has 2 heterocycles. The van der Waals surface area contributed by atoms with Gasteiger partial charge in [0.25, 0.3) is 0 Å². The van der Waals surface area contributed by atoms with Gasteiger partial charge < -0.3 is 0 Å². The quantitative estimate of drug-likeness (QED) is 0.743. The lowest BCUT2D eigenvalue weighted by atomic mass is 9.95. The van der Waals surface area contributed by atoms with E-state index < -0.39 is 0 Å². The van der Waals surface area contributed by atoms with E-state index in [-0.39, 0.29) is 0 Å². The topological polar surface area (TPSA) is 6.48 Å². The molecule has 0 aromatic rings. The summed E-state index contributed by atoms with van der Waals surface area (Å²) in [5.41, 5.74) is 0. The van der Waals surface area contributed by atoms with Crippen molar-refractivity contribution in [3.05, 3.63) is 0 Å². The van der Waals surface area contributed by atoms with Gasteiger partial charge in [-0.05, 0) is 44.1 Å². The molecule has 4 unspecified atom stereocenters. The Hall–Kier alpha value is -0.0800. The fourth-order valence-electron chi connectivity index (χ4n) is 3.88. The van der Waals surface area contributed by atoms with Crippen LogP contribution in [0.15, 0.2) is 0 Å². The van der Waals surface area contributed by atoms with Gasteiger partial charge in [-0.3, -0.25) is 9.80 Å². The van der Waals surface area contributed by atoms with E-state index in [4.69, 9.17) is 0 Å². The highest BCUT2D eigenvalue weighted by Gasteiger charge is 2.39. The summed E-state index contributed by atoms with van der Waals surface area (Å²) in [6.45, 7) is 10.3. The second kappa shape index (κ2) is 4.89. The smallest absolute Gasteiger partial charge is 0.0223 e. The molecule has 3 rings (SSSR count). The lowest BCUT2D eigenvalue weighted by Crippen LogP contribution is -2.59. The van der Waals surface area contributed by atoms with Crippen LogP contribution < -0.4 is 0 Å². The van der Waals surface area contributed by atoms with Crippen LogP contribution in [0.1, 0.15) is 46.0 Å². The van der Waals surface area contributed by atoms with Crippen LogP contribution in [0, 0.1) is 11.8 Å². The Bertz CT molecular complexity index is 266. The largest absolute Gasteiger partial charge is 0.298 e. The summed E-state index contributed by atoms with van der Waals surface area (Å²) in [6, 6.07) is 1.73. The Morgan fingerprint density at radius 2 is 2.00 bits per heavy atom. The third-order valence-electron chi connectivity index (χ3n) is 5.37. The maximum Gasteiger partial charge on any atom is 0.0223 e.